The molecule has 1 unspecified atom stereocenters. The van der Waals surface area contributed by atoms with Crippen molar-refractivity contribution in [1.29, 1.82) is 0 Å². The van der Waals surface area contributed by atoms with Gasteiger partial charge in [-0.1, -0.05) is 18.2 Å². The molecule has 1 aliphatic rings. The lowest BCUT2D eigenvalue weighted by Gasteiger charge is -2.19. The highest BCUT2D eigenvalue weighted by Crippen LogP contribution is 2.28. The van der Waals surface area contributed by atoms with E-state index in [9.17, 15) is 0 Å². The summed E-state index contributed by atoms with van der Waals surface area (Å²) >= 11 is 0. The molecule has 19 heavy (non-hydrogen) atoms. The Labute approximate surface area is 112 Å². The van der Waals surface area contributed by atoms with Gasteiger partial charge in [0.25, 0.3) is 6.23 Å². The molecule has 1 atom stereocenters. The molecule has 1 aliphatic heterocycles. The summed E-state index contributed by atoms with van der Waals surface area (Å²) in [6.45, 7) is 2.04. The first kappa shape index (κ1) is 11.8. The van der Waals surface area contributed by atoms with Gasteiger partial charge in [0.1, 0.15) is 11.5 Å². The first-order valence-electron chi connectivity index (χ1n) is 6.31. The molecule has 2 aromatic rings. The minimum absolute atomic E-state index is 0.0247. The van der Waals surface area contributed by atoms with Crippen molar-refractivity contribution in [2.24, 2.45) is 0 Å². The number of hydrogen-bond donors (Lipinski definition) is 0. The molecule has 0 fully saturated rings. The first-order valence-corrected chi connectivity index (χ1v) is 6.31. The van der Waals surface area contributed by atoms with Gasteiger partial charge in [-0.05, 0) is 18.2 Å². The second-order valence-corrected chi connectivity index (χ2v) is 4.49. The Hall–Kier alpha value is -2.29. The molecule has 1 heterocycles. The van der Waals surface area contributed by atoms with Crippen molar-refractivity contribution in [3.63, 3.8) is 0 Å². The number of hydrogen-bond acceptors (Lipinski definition) is 2. The van der Waals surface area contributed by atoms with E-state index in [1.807, 2.05) is 43.3 Å². The van der Waals surface area contributed by atoms with Crippen LogP contribution in [0.1, 0.15) is 12.5 Å². The molecule has 2 aromatic carbocycles. The topological polar surface area (TPSA) is 21.5 Å². The van der Waals surface area contributed by atoms with Crippen LogP contribution in [0.4, 0.5) is 5.69 Å². The number of nitrogens with zero attached hydrogens (tertiary/aromatic N) is 1. The molecule has 0 amide bonds. The lowest BCUT2D eigenvalue weighted by atomic mass is 10.1. The smallest absolute Gasteiger partial charge is 0.299 e. The molecule has 3 heteroatoms. The van der Waals surface area contributed by atoms with Gasteiger partial charge in [0.2, 0.25) is 5.69 Å². The Bertz CT molecular complexity index is 620. The highest BCUT2D eigenvalue weighted by atomic mass is 16.5. The van der Waals surface area contributed by atoms with Crippen molar-refractivity contribution in [3.8, 4) is 11.5 Å². The molecular formula is C16H16NO2+. The van der Waals surface area contributed by atoms with Crippen LogP contribution in [0.2, 0.25) is 0 Å². The van der Waals surface area contributed by atoms with Crippen molar-refractivity contribution in [1.82, 2.24) is 0 Å². The summed E-state index contributed by atoms with van der Waals surface area (Å²) < 4.78 is 13.3. The molecule has 0 aromatic heterocycles. The molecule has 0 saturated heterocycles. The third kappa shape index (κ3) is 2.19. The fourth-order valence-electron chi connectivity index (χ4n) is 2.24. The number of fused-ring (bicyclic) bond motifs is 1. The molecule has 0 bridgehead atoms. The first-order chi connectivity index (χ1) is 9.28. The summed E-state index contributed by atoms with van der Waals surface area (Å²) in [6, 6.07) is 16.0. The van der Waals surface area contributed by atoms with Crippen LogP contribution in [0, 0.1) is 0 Å². The van der Waals surface area contributed by atoms with Crippen LogP contribution in [0.5, 0.6) is 11.5 Å². The van der Waals surface area contributed by atoms with E-state index in [1.165, 1.54) is 0 Å². The summed E-state index contributed by atoms with van der Waals surface area (Å²) in [5.41, 5.74) is 2.14. The predicted molar refractivity (Wildman–Crippen MR) is 74.6 cm³/mol. The Balaban J connectivity index is 2.08. The van der Waals surface area contributed by atoms with Crippen LogP contribution in [-0.4, -0.2) is 24.1 Å². The monoisotopic (exact) mass is 254 g/mol. The summed E-state index contributed by atoms with van der Waals surface area (Å²) in [7, 11) is 1.67. The maximum atomic E-state index is 5.94. The molecule has 96 valence electrons. The number of ether oxygens (including phenoxy) is 2. The summed E-state index contributed by atoms with van der Waals surface area (Å²) in [6.07, 6.45) is 2.07. The van der Waals surface area contributed by atoms with E-state index < -0.39 is 0 Å². The third-order valence-electron chi connectivity index (χ3n) is 3.24. The average Bonchev–Trinajstić information content (AvgIpc) is 2.47. The second kappa shape index (κ2) is 4.76. The summed E-state index contributed by atoms with van der Waals surface area (Å²) in [4.78, 5) is 0. The minimum atomic E-state index is -0.0247. The predicted octanol–water partition coefficient (Wildman–Crippen LogP) is 3.20. The number of para-hydroxylation sites is 1. The summed E-state index contributed by atoms with van der Waals surface area (Å²) in [5, 5.41) is 0. The van der Waals surface area contributed by atoms with Crippen LogP contribution in [-0.2, 0) is 0 Å². The van der Waals surface area contributed by atoms with E-state index in [1.54, 1.807) is 7.11 Å². The Morgan fingerprint density at radius 1 is 1.11 bits per heavy atom. The number of rotatable bonds is 2. The van der Waals surface area contributed by atoms with E-state index in [0.29, 0.717) is 0 Å². The summed E-state index contributed by atoms with van der Waals surface area (Å²) in [5.74, 6) is 1.72. The van der Waals surface area contributed by atoms with Gasteiger partial charge < -0.3 is 9.47 Å². The average molecular weight is 254 g/mol. The fourth-order valence-corrected chi connectivity index (χ4v) is 2.24. The van der Waals surface area contributed by atoms with E-state index >= 15 is 0 Å². The van der Waals surface area contributed by atoms with Gasteiger partial charge in [-0.25, -0.2) is 0 Å². The van der Waals surface area contributed by atoms with Crippen molar-refractivity contribution >= 4 is 11.9 Å². The van der Waals surface area contributed by atoms with Crippen molar-refractivity contribution in [2.45, 2.75) is 13.2 Å². The van der Waals surface area contributed by atoms with E-state index in [2.05, 4.69) is 22.9 Å². The van der Waals surface area contributed by atoms with Gasteiger partial charge in [0, 0.05) is 19.1 Å². The standard InChI is InChI=1S/C16H16NO2/c1-12-17(14-6-4-3-5-7-14)11-13-10-15(18-2)8-9-16(13)19-12/h3-12H,1-2H3/q+1. The lowest BCUT2D eigenvalue weighted by molar-refractivity contribution is -0.522. The molecule has 0 N–H and O–H groups in total. The molecule has 0 radical (unpaired) electrons. The Morgan fingerprint density at radius 2 is 1.89 bits per heavy atom. The molecule has 0 spiro atoms. The third-order valence-corrected chi connectivity index (χ3v) is 3.24. The van der Waals surface area contributed by atoms with Crippen LogP contribution in [0.15, 0.2) is 48.5 Å². The maximum absolute atomic E-state index is 5.94. The number of benzene rings is 2. The quantitative estimate of drug-likeness (QED) is 0.768. The van der Waals surface area contributed by atoms with E-state index in [4.69, 9.17) is 9.47 Å². The van der Waals surface area contributed by atoms with Gasteiger partial charge in [0.15, 0.2) is 6.21 Å². The van der Waals surface area contributed by atoms with Gasteiger partial charge in [0.05, 0.1) is 12.7 Å². The van der Waals surface area contributed by atoms with Gasteiger partial charge >= 0.3 is 0 Å². The molecule has 0 saturated carbocycles. The van der Waals surface area contributed by atoms with Gasteiger partial charge in [-0.3, -0.25) is 0 Å². The van der Waals surface area contributed by atoms with Crippen molar-refractivity contribution in [2.75, 3.05) is 7.11 Å². The fraction of sp³-hybridized carbons (Fsp3) is 0.188. The molecule has 0 aliphatic carbocycles. The highest BCUT2D eigenvalue weighted by Gasteiger charge is 2.26. The van der Waals surface area contributed by atoms with Crippen LogP contribution < -0.4 is 9.47 Å². The maximum Gasteiger partial charge on any atom is 0.299 e. The Kier molecular flexibility index (Phi) is 2.95. The highest BCUT2D eigenvalue weighted by molar-refractivity contribution is 5.82. The zero-order valence-corrected chi connectivity index (χ0v) is 11.0. The van der Waals surface area contributed by atoms with Crippen LogP contribution in [0.25, 0.3) is 0 Å². The number of methoxy groups -OCH3 is 1. The van der Waals surface area contributed by atoms with Crippen LogP contribution in [0.3, 0.4) is 0 Å². The van der Waals surface area contributed by atoms with Gasteiger partial charge in [-0.2, -0.15) is 4.58 Å². The molecule has 3 rings (SSSR count). The lowest BCUT2D eigenvalue weighted by Crippen LogP contribution is -2.30. The molecule has 3 nitrogen and oxygen atoms in total. The van der Waals surface area contributed by atoms with E-state index in [0.717, 1.165) is 22.7 Å². The van der Waals surface area contributed by atoms with Crippen molar-refractivity contribution in [3.05, 3.63) is 54.1 Å². The zero-order valence-electron chi connectivity index (χ0n) is 11.0. The normalized spacial score (nSPS) is 17.2. The van der Waals surface area contributed by atoms with Gasteiger partial charge in [-0.15, -0.1) is 0 Å². The van der Waals surface area contributed by atoms with Crippen LogP contribution >= 0.6 is 0 Å². The van der Waals surface area contributed by atoms with Crippen molar-refractivity contribution < 1.29 is 14.0 Å². The second-order valence-electron chi connectivity index (χ2n) is 4.49. The molecular weight excluding hydrogens is 238 g/mol. The SMILES string of the molecule is COc1ccc2c(c1)C=[N+](c1ccccc1)C(C)O2. The van der Waals surface area contributed by atoms with E-state index in [-0.39, 0.29) is 6.23 Å². The Morgan fingerprint density at radius 3 is 2.63 bits per heavy atom. The minimum Gasteiger partial charge on any atom is -0.497 e. The zero-order chi connectivity index (χ0) is 13.2. The largest absolute Gasteiger partial charge is 0.497 e.